The number of ether oxygens (including phenoxy) is 1. The molecule has 0 saturated carbocycles. The number of nitrogens with zero attached hydrogens (tertiary/aromatic N) is 3. The number of morpholine rings is 1. The monoisotopic (exact) mass is 481 g/mol. The SMILES string of the molecule is Fc1ccccc1-c1c(CN2CCOCC2)cnn1-c1ccc(-c2ccc(C(F)(F)F)cc2)cc1. The molecule has 0 amide bonds. The maximum absolute atomic E-state index is 14.9. The van der Waals surface area contributed by atoms with E-state index >= 15 is 0 Å². The molecule has 2 heterocycles. The Hall–Kier alpha value is -3.49. The van der Waals surface area contributed by atoms with E-state index < -0.39 is 11.7 Å². The van der Waals surface area contributed by atoms with E-state index in [-0.39, 0.29) is 5.82 Å². The number of hydrogen-bond donors (Lipinski definition) is 0. The third-order valence-corrected chi connectivity index (χ3v) is 6.13. The fourth-order valence-electron chi connectivity index (χ4n) is 4.28. The zero-order chi connectivity index (χ0) is 24.4. The quantitative estimate of drug-likeness (QED) is 0.318. The lowest BCUT2D eigenvalue weighted by molar-refractivity contribution is -0.137. The first-order chi connectivity index (χ1) is 16.9. The molecule has 0 radical (unpaired) electrons. The first kappa shape index (κ1) is 23.3. The second-order valence-electron chi connectivity index (χ2n) is 8.42. The fourth-order valence-corrected chi connectivity index (χ4v) is 4.28. The molecule has 0 spiro atoms. The summed E-state index contributed by atoms with van der Waals surface area (Å²) in [6, 6.07) is 19.0. The van der Waals surface area contributed by atoms with Gasteiger partial charge in [0.25, 0.3) is 0 Å². The van der Waals surface area contributed by atoms with Crippen molar-refractivity contribution in [2.24, 2.45) is 0 Å². The molecule has 1 saturated heterocycles. The normalized spacial score (nSPS) is 14.9. The standard InChI is InChI=1S/C27H23F4N3O/c28-25-4-2-1-3-24(25)26-21(18-33-13-15-35-16-14-33)17-32-34(26)23-11-7-20(8-12-23)19-5-9-22(10-6-19)27(29,30)31/h1-12,17H,13-16,18H2. The Morgan fingerprint density at radius 3 is 2.09 bits per heavy atom. The Balaban J connectivity index is 1.49. The van der Waals surface area contributed by atoms with Gasteiger partial charge in [-0.15, -0.1) is 0 Å². The molecule has 4 aromatic rings. The first-order valence-electron chi connectivity index (χ1n) is 11.3. The molecule has 1 aliphatic heterocycles. The van der Waals surface area contributed by atoms with Crippen LogP contribution in [0.15, 0.2) is 79.0 Å². The number of rotatable bonds is 5. The van der Waals surface area contributed by atoms with Crippen molar-refractivity contribution >= 4 is 0 Å². The second-order valence-corrected chi connectivity index (χ2v) is 8.42. The molecule has 0 bridgehead atoms. The molecule has 0 N–H and O–H groups in total. The van der Waals surface area contributed by atoms with Gasteiger partial charge in [-0.05, 0) is 47.5 Å². The molecule has 180 valence electrons. The molecule has 35 heavy (non-hydrogen) atoms. The maximum atomic E-state index is 14.9. The van der Waals surface area contributed by atoms with E-state index in [9.17, 15) is 17.6 Å². The van der Waals surface area contributed by atoms with Crippen molar-refractivity contribution in [1.82, 2.24) is 14.7 Å². The minimum absolute atomic E-state index is 0.334. The van der Waals surface area contributed by atoms with Gasteiger partial charge in [-0.1, -0.05) is 36.4 Å². The summed E-state index contributed by atoms with van der Waals surface area (Å²) in [5.41, 5.74) is 3.53. The van der Waals surface area contributed by atoms with Crippen LogP contribution in [0.1, 0.15) is 11.1 Å². The number of benzene rings is 3. The van der Waals surface area contributed by atoms with Gasteiger partial charge in [0.2, 0.25) is 0 Å². The van der Waals surface area contributed by atoms with Gasteiger partial charge in [-0.25, -0.2) is 9.07 Å². The molecular formula is C27H23F4N3O. The Bertz CT molecular complexity index is 1290. The largest absolute Gasteiger partial charge is 0.416 e. The van der Waals surface area contributed by atoms with Crippen molar-refractivity contribution < 1.29 is 22.3 Å². The topological polar surface area (TPSA) is 30.3 Å². The van der Waals surface area contributed by atoms with Gasteiger partial charge in [0.1, 0.15) is 5.82 Å². The summed E-state index contributed by atoms with van der Waals surface area (Å²) in [4.78, 5) is 2.25. The van der Waals surface area contributed by atoms with Gasteiger partial charge in [-0.3, -0.25) is 4.90 Å². The van der Waals surface area contributed by atoms with Gasteiger partial charge in [0, 0.05) is 30.8 Å². The third kappa shape index (κ3) is 4.99. The number of hydrogen-bond acceptors (Lipinski definition) is 3. The highest BCUT2D eigenvalue weighted by Crippen LogP contribution is 2.33. The van der Waals surface area contributed by atoms with Crippen LogP contribution in [0.3, 0.4) is 0 Å². The van der Waals surface area contributed by atoms with Gasteiger partial charge in [0.05, 0.1) is 36.4 Å². The van der Waals surface area contributed by atoms with Gasteiger partial charge in [-0.2, -0.15) is 18.3 Å². The molecule has 8 heteroatoms. The van der Waals surface area contributed by atoms with Crippen LogP contribution in [0, 0.1) is 5.82 Å². The molecule has 3 aromatic carbocycles. The Morgan fingerprint density at radius 1 is 0.829 bits per heavy atom. The fraction of sp³-hybridized carbons (Fsp3) is 0.222. The molecule has 1 aromatic heterocycles. The zero-order valence-electron chi connectivity index (χ0n) is 18.8. The van der Waals surface area contributed by atoms with E-state index in [0.717, 1.165) is 42.0 Å². The second kappa shape index (κ2) is 9.64. The van der Waals surface area contributed by atoms with E-state index in [4.69, 9.17) is 4.74 Å². The lowest BCUT2D eigenvalue weighted by Gasteiger charge is -2.26. The molecule has 1 aliphatic rings. The van der Waals surface area contributed by atoms with Crippen molar-refractivity contribution in [3.05, 3.63) is 95.9 Å². The highest BCUT2D eigenvalue weighted by molar-refractivity contribution is 5.68. The summed E-state index contributed by atoms with van der Waals surface area (Å²) in [7, 11) is 0. The summed E-state index contributed by atoms with van der Waals surface area (Å²) in [6.45, 7) is 3.53. The van der Waals surface area contributed by atoms with Crippen molar-refractivity contribution in [3.63, 3.8) is 0 Å². The molecule has 0 aliphatic carbocycles. The van der Waals surface area contributed by atoms with Crippen LogP contribution in [0.2, 0.25) is 0 Å². The van der Waals surface area contributed by atoms with Crippen molar-refractivity contribution in [1.29, 1.82) is 0 Å². The lowest BCUT2D eigenvalue weighted by Crippen LogP contribution is -2.35. The van der Waals surface area contributed by atoms with Crippen molar-refractivity contribution in [3.8, 4) is 28.1 Å². The minimum atomic E-state index is -4.37. The van der Waals surface area contributed by atoms with Crippen LogP contribution in [-0.2, 0) is 17.5 Å². The Labute approximate surface area is 200 Å². The molecule has 0 atom stereocenters. The van der Waals surface area contributed by atoms with E-state index in [1.165, 1.54) is 18.2 Å². The van der Waals surface area contributed by atoms with Gasteiger partial charge in [0.15, 0.2) is 0 Å². The van der Waals surface area contributed by atoms with E-state index in [1.54, 1.807) is 29.1 Å². The highest BCUT2D eigenvalue weighted by Gasteiger charge is 2.30. The molecular weight excluding hydrogens is 458 g/mol. The summed E-state index contributed by atoms with van der Waals surface area (Å²) < 4.78 is 60.6. The van der Waals surface area contributed by atoms with Crippen LogP contribution in [0.5, 0.6) is 0 Å². The average molecular weight is 481 g/mol. The molecule has 0 unspecified atom stereocenters. The molecule has 4 nitrogen and oxygen atoms in total. The van der Waals surface area contributed by atoms with Crippen LogP contribution >= 0.6 is 0 Å². The zero-order valence-corrected chi connectivity index (χ0v) is 18.8. The van der Waals surface area contributed by atoms with Crippen molar-refractivity contribution in [2.75, 3.05) is 26.3 Å². The van der Waals surface area contributed by atoms with Crippen LogP contribution < -0.4 is 0 Å². The van der Waals surface area contributed by atoms with Crippen LogP contribution in [-0.4, -0.2) is 41.0 Å². The van der Waals surface area contributed by atoms with E-state index in [0.29, 0.717) is 36.6 Å². The van der Waals surface area contributed by atoms with Gasteiger partial charge >= 0.3 is 6.18 Å². The first-order valence-corrected chi connectivity index (χ1v) is 11.3. The smallest absolute Gasteiger partial charge is 0.379 e. The van der Waals surface area contributed by atoms with Crippen molar-refractivity contribution in [2.45, 2.75) is 12.7 Å². The predicted octanol–water partition coefficient (Wildman–Crippen LogP) is 6.20. The highest BCUT2D eigenvalue weighted by atomic mass is 19.4. The molecule has 1 fully saturated rings. The Kier molecular flexibility index (Phi) is 6.40. The number of halogens is 4. The third-order valence-electron chi connectivity index (χ3n) is 6.13. The summed E-state index contributed by atoms with van der Waals surface area (Å²) in [5, 5.41) is 4.58. The number of aromatic nitrogens is 2. The van der Waals surface area contributed by atoms with E-state index in [2.05, 4.69) is 10.00 Å². The summed E-state index contributed by atoms with van der Waals surface area (Å²) >= 11 is 0. The Morgan fingerprint density at radius 2 is 1.46 bits per heavy atom. The summed E-state index contributed by atoms with van der Waals surface area (Å²) in [5.74, 6) is -0.334. The van der Waals surface area contributed by atoms with Gasteiger partial charge < -0.3 is 4.74 Å². The van der Waals surface area contributed by atoms with Crippen LogP contribution in [0.25, 0.3) is 28.1 Å². The van der Waals surface area contributed by atoms with Crippen LogP contribution in [0.4, 0.5) is 17.6 Å². The lowest BCUT2D eigenvalue weighted by atomic mass is 10.0. The summed E-state index contributed by atoms with van der Waals surface area (Å²) in [6.07, 6.45) is -2.61. The average Bonchev–Trinajstić information content (AvgIpc) is 3.28. The minimum Gasteiger partial charge on any atom is -0.379 e. The molecule has 5 rings (SSSR count). The maximum Gasteiger partial charge on any atom is 0.416 e. The number of alkyl halides is 3. The predicted molar refractivity (Wildman–Crippen MR) is 125 cm³/mol. The van der Waals surface area contributed by atoms with E-state index in [1.807, 2.05) is 24.3 Å².